The zero-order valence-corrected chi connectivity index (χ0v) is 10.9. The van der Waals surface area contributed by atoms with E-state index < -0.39 is 6.49 Å². The summed E-state index contributed by atoms with van der Waals surface area (Å²) in [5, 5.41) is 0. The minimum atomic E-state index is -2.12. The van der Waals surface area contributed by atoms with Gasteiger partial charge in [-0.3, -0.25) is 0 Å². The molecule has 0 spiro atoms. The van der Waals surface area contributed by atoms with Crippen molar-refractivity contribution in [2.75, 3.05) is 20.0 Å². The summed E-state index contributed by atoms with van der Waals surface area (Å²) >= 11 is 6.83. The molecule has 1 rings (SSSR count). The van der Waals surface area contributed by atoms with Gasteiger partial charge in [-0.1, -0.05) is 12.1 Å². The van der Waals surface area contributed by atoms with Crippen LogP contribution < -0.4 is 4.52 Å². The summed E-state index contributed by atoms with van der Waals surface area (Å²) < 4.78 is 10.8. The molecule has 2 nitrogen and oxygen atoms in total. The Bertz CT molecular complexity index is 354. The lowest BCUT2D eigenvalue weighted by atomic mass is 10.3. The van der Waals surface area contributed by atoms with Gasteiger partial charge in [-0.2, -0.15) is 0 Å². The average molecular weight is 248 g/mol. The number of hydrogen-bond acceptors (Lipinski definition) is 4. The first-order valence-corrected chi connectivity index (χ1v) is 8.36. The fourth-order valence-electron chi connectivity index (χ4n) is 0.910. The number of para-hydroxylation sites is 1. The molecule has 0 aliphatic rings. The van der Waals surface area contributed by atoms with Gasteiger partial charge < -0.3 is 9.05 Å². The molecule has 0 saturated carbocycles. The smallest absolute Gasteiger partial charge is 0.234 e. The normalized spacial score (nSPS) is 14.8. The number of hydrogen-bond donors (Lipinski definition) is 0. The maximum Gasteiger partial charge on any atom is 0.234 e. The van der Waals surface area contributed by atoms with E-state index in [1.807, 2.05) is 37.2 Å². The van der Waals surface area contributed by atoms with Crippen LogP contribution in [-0.4, -0.2) is 20.0 Å². The third kappa shape index (κ3) is 3.28. The predicted molar refractivity (Wildman–Crippen MR) is 66.1 cm³/mol. The molecule has 0 aliphatic carbocycles. The molecule has 5 heteroatoms. The zero-order valence-electron chi connectivity index (χ0n) is 8.39. The minimum absolute atomic E-state index is 0.813. The summed E-state index contributed by atoms with van der Waals surface area (Å²) in [7, 11) is 1.59. The van der Waals surface area contributed by atoms with Crippen molar-refractivity contribution in [2.45, 2.75) is 4.90 Å². The summed E-state index contributed by atoms with van der Waals surface area (Å²) in [5.74, 6) is 0.813. The van der Waals surface area contributed by atoms with Gasteiger partial charge in [-0.05, 0) is 30.2 Å². The highest BCUT2D eigenvalue weighted by molar-refractivity contribution is 8.09. The van der Waals surface area contributed by atoms with Gasteiger partial charge >= 0.3 is 0 Å². The molecule has 0 amide bonds. The van der Waals surface area contributed by atoms with Crippen molar-refractivity contribution < 1.29 is 9.05 Å². The van der Waals surface area contributed by atoms with Crippen LogP contribution in [0, 0.1) is 0 Å². The second kappa shape index (κ2) is 5.17. The first-order chi connectivity index (χ1) is 6.59. The molecule has 1 atom stereocenters. The molecule has 1 aromatic rings. The van der Waals surface area contributed by atoms with E-state index >= 15 is 0 Å². The molecule has 0 saturated heterocycles. The number of rotatable bonds is 4. The first kappa shape index (κ1) is 12.1. The lowest BCUT2D eigenvalue weighted by molar-refractivity contribution is 0.395. The van der Waals surface area contributed by atoms with E-state index in [1.165, 1.54) is 0 Å². The largest absolute Gasteiger partial charge is 0.442 e. The highest BCUT2D eigenvalue weighted by Gasteiger charge is 2.12. The van der Waals surface area contributed by atoms with E-state index in [-0.39, 0.29) is 0 Å². The van der Waals surface area contributed by atoms with Crippen LogP contribution in [0.3, 0.4) is 0 Å². The Morgan fingerprint density at radius 1 is 1.36 bits per heavy atom. The van der Waals surface area contributed by atoms with Crippen LogP contribution in [0.1, 0.15) is 0 Å². The van der Waals surface area contributed by atoms with Crippen LogP contribution in [0.5, 0.6) is 5.75 Å². The molecule has 0 fully saturated rings. The molecule has 0 aromatic heterocycles. The predicted octanol–water partition coefficient (Wildman–Crippen LogP) is 3.37. The Morgan fingerprint density at radius 2 is 2.00 bits per heavy atom. The Morgan fingerprint density at radius 3 is 2.57 bits per heavy atom. The van der Waals surface area contributed by atoms with Gasteiger partial charge in [0.15, 0.2) is 0 Å². The Balaban J connectivity index is 2.91. The molecule has 1 unspecified atom stereocenters. The summed E-state index contributed by atoms with van der Waals surface area (Å²) in [5.41, 5.74) is 0. The molecule has 0 N–H and O–H groups in total. The van der Waals surface area contributed by atoms with E-state index in [0.29, 0.717) is 0 Å². The highest BCUT2D eigenvalue weighted by atomic mass is 32.5. The second-order valence-corrected chi connectivity index (χ2v) is 7.62. The van der Waals surface area contributed by atoms with Crippen LogP contribution in [0.25, 0.3) is 0 Å². The highest BCUT2D eigenvalue weighted by Crippen LogP contribution is 2.46. The summed E-state index contributed by atoms with van der Waals surface area (Å²) in [6.45, 7) is -0.297. The fourth-order valence-corrected chi connectivity index (χ4v) is 2.33. The molecule has 0 heterocycles. The lowest BCUT2D eigenvalue weighted by Crippen LogP contribution is -1.93. The number of benzene rings is 1. The van der Waals surface area contributed by atoms with E-state index in [9.17, 15) is 0 Å². The van der Waals surface area contributed by atoms with Crippen molar-refractivity contribution in [2.24, 2.45) is 0 Å². The van der Waals surface area contributed by atoms with Crippen molar-refractivity contribution in [1.29, 1.82) is 0 Å². The molecular formula is C9H13O2PS2. The van der Waals surface area contributed by atoms with Crippen LogP contribution in [0.15, 0.2) is 29.2 Å². The van der Waals surface area contributed by atoms with Gasteiger partial charge in [0.05, 0.1) is 0 Å². The van der Waals surface area contributed by atoms with Crippen LogP contribution in [-0.2, 0) is 16.3 Å². The standard InChI is InChI=1S/C9H13O2PS2/c1-10-12(2,13)11-8-6-4-5-7-9(8)14-3/h4-7H,1-3H3. The maximum absolute atomic E-state index is 5.66. The van der Waals surface area contributed by atoms with Gasteiger partial charge in [0.2, 0.25) is 6.49 Å². The number of thioether (sulfide) groups is 1. The van der Waals surface area contributed by atoms with Crippen molar-refractivity contribution in [1.82, 2.24) is 0 Å². The summed E-state index contributed by atoms with van der Waals surface area (Å²) in [6, 6.07) is 7.82. The van der Waals surface area contributed by atoms with Gasteiger partial charge in [-0.15, -0.1) is 11.8 Å². The molecule has 1 aromatic carbocycles. The van der Waals surface area contributed by atoms with E-state index in [1.54, 1.807) is 18.9 Å². The van der Waals surface area contributed by atoms with Crippen LogP contribution in [0.2, 0.25) is 0 Å². The molecule has 78 valence electrons. The molecule has 0 radical (unpaired) electrons. The molecule has 0 aliphatic heterocycles. The lowest BCUT2D eigenvalue weighted by Gasteiger charge is -2.17. The van der Waals surface area contributed by atoms with E-state index in [2.05, 4.69) is 0 Å². The van der Waals surface area contributed by atoms with Crippen LogP contribution in [0.4, 0.5) is 0 Å². The minimum Gasteiger partial charge on any atom is -0.442 e. The van der Waals surface area contributed by atoms with E-state index in [4.69, 9.17) is 20.9 Å². The van der Waals surface area contributed by atoms with Gasteiger partial charge in [0.25, 0.3) is 0 Å². The topological polar surface area (TPSA) is 18.5 Å². The maximum atomic E-state index is 5.66. The third-order valence-electron chi connectivity index (χ3n) is 1.66. The quantitative estimate of drug-likeness (QED) is 0.600. The second-order valence-electron chi connectivity index (χ2n) is 2.70. The first-order valence-electron chi connectivity index (χ1n) is 4.05. The van der Waals surface area contributed by atoms with Crippen molar-refractivity contribution in [3.05, 3.63) is 24.3 Å². The zero-order chi connectivity index (χ0) is 10.6. The average Bonchev–Trinajstić information content (AvgIpc) is 2.18. The Kier molecular flexibility index (Phi) is 4.45. The monoisotopic (exact) mass is 248 g/mol. The molecule has 0 bridgehead atoms. The summed E-state index contributed by atoms with van der Waals surface area (Å²) in [4.78, 5) is 1.08. The van der Waals surface area contributed by atoms with Crippen molar-refractivity contribution >= 4 is 30.1 Å². The van der Waals surface area contributed by atoms with Gasteiger partial charge in [-0.25, -0.2) is 0 Å². The van der Waals surface area contributed by atoms with Crippen LogP contribution >= 0.6 is 18.3 Å². The van der Waals surface area contributed by atoms with Crippen molar-refractivity contribution in [3.8, 4) is 5.75 Å². The molecular weight excluding hydrogens is 235 g/mol. The van der Waals surface area contributed by atoms with E-state index in [0.717, 1.165) is 10.6 Å². The van der Waals surface area contributed by atoms with Crippen molar-refractivity contribution in [3.63, 3.8) is 0 Å². The summed E-state index contributed by atoms with van der Waals surface area (Å²) in [6.07, 6.45) is 2.01. The van der Waals surface area contributed by atoms with Gasteiger partial charge in [0, 0.05) is 18.7 Å². The third-order valence-corrected chi connectivity index (χ3v) is 4.30. The Labute approximate surface area is 94.2 Å². The Hall–Kier alpha value is -0.0200. The SMILES string of the molecule is COP(C)(=S)Oc1ccccc1SC. The molecule has 14 heavy (non-hydrogen) atoms. The fraction of sp³-hybridized carbons (Fsp3) is 0.333. The van der Waals surface area contributed by atoms with Gasteiger partial charge in [0.1, 0.15) is 5.75 Å².